The van der Waals surface area contributed by atoms with Crippen molar-refractivity contribution < 1.29 is 14.7 Å². The molecule has 0 aliphatic carbocycles. The van der Waals surface area contributed by atoms with E-state index in [-0.39, 0.29) is 25.0 Å². The Morgan fingerprint density at radius 2 is 2.36 bits per heavy atom. The summed E-state index contributed by atoms with van der Waals surface area (Å²) in [4.78, 5) is 25.7. The van der Waals surface area contributed by atoms with Crippen LogP contribution in [0.15, 0.2) is 0 Å². The van der Waals surface area contributed by atoms with Gasteiger partial charge in [0.25, 0.3) is 0 Å². The molecule has 0 aromatic rings. The van der Waals surface area contributed by atoms with E-state index < -0.39 is 0 Å². The molecule has 1 aliphatic rings. The number of carbonyl (C=O) groups is 2. The summed E-state index contributed by atoms with van der Waals surface area (Å²) in [5.41, 5.74) is 0. The molecule has 80 valence electrons. The van der Waals surface area contributed by atoms with Crippen molar-refractivity contribution in [2.75, 3.05) is 33.3 Å². The highest BCUT2D eigenvalue weighted by atomic mass is 16.3. The van der Waals surface area contributed by atoms with Gasteiger partial charge in [0.2, 0.25) is 11.8 Å². The maximum Gasteiger partial charge on any atom is 0.243 e. The van der Waals surface area contributed by atoms with Gasteiger partial charge in [0.05, 0.1) is 13.2 Å². The zero-order valence-corrected chi connectivity index (χ0v) is 8.40. The van der Waals surface area contributed by atoms with Crippen LogP contribution < -0.4 is 0 Å². The first-order valence-electron chi connectivity index (χ1n) is 4.77. The van der Waals surface area contributed by atoms with Crippen molar-refractivity contribution in [2.45, 2.75) is 12.8 Å². The van der Waals surface area contributed by atoms with E-state index in [1.54, 1.807) is 11.9 Å². The SMILES string of the molecule is CN(CCO)CC(=O)N1CCCC1=O. The second-order valence-corrected chi connectivity index (χ2v) is 3.50. The van der Waals surface area contributed by atoms with Crippen LogP contribution in [0, 0.1) is 0 Å². The van der Waals surface area contributed by atoms with Crippen molar-refractivity contribution in [3.05, 3.63) is 0 Å². The molecular formula is C9H16N2O3. The van der Waals surface area contributed by atoms with Crippen molar-refractivity contribution >= 4 is 11.8 Å². The van der Waals surface area contributed by atoms with Gasteiger partial charge in [0.1, 0.15) is 0 Å². The molecule has 1 rings (SSSR count). The van der Waals surface area contributed by atoms with Crippen molar-refractivity contribution in [1.29, 1.82) is 0 Å². The van der Waals surface area contributed by atoms with Crippen LogP contribution in [-0.4, -0.2) is 60.0 Å². The van der Waals surface area contributed by atoms with Gasteiger partial charge in [-0.2, -0.15) is 0 Å². The normalized spacial score (nSPS) is 16.8. The maximum absolute atomic E-state index is 11.5. The lowest BCUT2D eigenvalue weighted by Gasteiger charge is -2.18. The number of aliphatic hydroxyl groups is 1. The first-order valence-corrected chi connectivity index (χ1v) is 4.77. The summed E-state index contributed by atoms with van der Waals surface area (Å²) in [6, 6.07) is 0. The number of imide groups is 1. The summed E-state index contributed by atoms with van der Waals surface area (Å²) in [7, 11) is 1.74. The van der Waals surface area contributed by atoms with Crippen molar-refractivity contribution in [3.63, 3.8) is 0 Å². The zero-order valence-electron chi connectivity index (χ0n) is 8.40. The smallest absolute Gasteiger partial charge is 0.243 e. The Bertz CT molecular complexity index is 230. The number of carbonyl (C=O) groups excluding carboxylic acids is 2. The molecule has 0 unspecified atom stereocenters. The lowest BCUT2D eigenvalue weighted by molar-refractivity contribution is -0.142. The fraction of sp³-hybridized carbons (Fsp3) is 0.778. The first-order chi connectivity index (χ1) is 6.65. The maximum atomic E-state index is 11.5. The van der Waals surface area contributed by atoms with Crippen LogP contribution in [0.25, 0.3) is 0 Å². The highest BCUT2D eigenvalue weighted by Crippen LogP contribution is 2.09. The lowest BCUT2D eigenvalue weighted by Crippen LogP contribution is -2.40. The molecule has 1 heterocycles. The van der Waals surface area contributed by atoms with Gasteiger partial charge in [-0.1, -0.05) is 0 Å². The van der Waals surface area contributed by atoms with Gasteiger partial charge in [-0.3, -0.25) is 19.4 Å². The van der Waals surface area contributed by atoms with E-state index in [4.69, 9.17) is 5.11 Å². The third kappa shape index (κ3) is 2.78. The van der Waals surface area contributed by atoms with Crippen molar-refractivity contribution in [1.82, 2.24) is 9.80 Å². The van der Waals surface area contributed by atoms with Gasteiger partial charge in [0, 0.05) is 19.5 Å². The molecule has 5 heteroatoms. The van der Waals surface area contributed by atoms with Gasteiger partial charge >= 0.3 is 0 Å². The number of amides is 2. The summed E-state index contributed by atoms with van der Waals surface area (Å²) in [5.74, 6) is -0.240. The number of hydrogen-bond donors (Lipinski definition) is 1. The fourth-order valence-electron chi connectivity index (χ4n) is 1.48. The molecule has 1 saturated heterocycles. The van der Waals surface area contributed by atoms with Crippen LogP contribution in [0.5, 0.6) is 0 Å². The molecule has 1 fully saturated rings. The van der Waals surface area contributed by atoms with Gasteiger partial charge in [-0.25, -0.2) is 0 Å². The fourth-order valence-corrected chi connectivity index (χ4v) is 1.48. The highest BCUT2D eigenvalue weighted by molar-refractivity contribution is 5.97. The van der Waals surface area contributed by atoms with E-state index in [0.717, 1.165) is 6.42 Å². The largest absolute Gasteiger partial charge is 0.395 e. The minimum Gasteiger partial charge on any atom is -0.395 e. The Hall–Kier alpha value is -0.940. The summed E-state index contributed by atoms with van der Waals surface area (Å²) < 4.78 is 0. The van der Waals surface area contributed by atoms with Gasteiger partial charge in [-0.05, 0) is 13.5 Å². The van der Waals surface area contributed by atoms with Crippen LogP contribution in [0.3, 0.4) is 0 Å². The molecule has 2 amide bonds. The zero-order chi connectivity index (χ0) is 10.6. The lowest BCUT2D eigenvalue weighted by atomic mass is 10.4. The number of hydrogen-bond acceptors (Lipinski definition) is 4. The molecule has 1 N–H and O–H groups in total. The Morgan fingerprint density at radius 3 is 2.86 bits per heavy atom. The van der Waals surface area contributed by atoms with Gasteiger partial charge in [0.15, 0.2) is 0 Å². The molecule has 0 radical (unpaired) electrons. The summed E-state index contributed by atoms with van der Waals surface area (Å²) >= 11 is 0. The van der Waals surface area contributed by atoms with E-state index >= 15 is 0 Å². The van der Waals surface area contributed by atoms with Crippen molar-refractivity contribution in [3.8, 4) is 0 Å². The minimum atomic E-state index is -0.163. The summed E-state index contributed by atoms with van der Waals surface area (Å²) in [6.45, 7) is 1.22. The Morgan fingerprint density at radius 1 is 1.64 bits per heavy atom. The standard InChI is InChI=1S/C9H16N2O3/c1-10(5-6-12)7-9(14)11-4-2-3-8(11)13/h12H,2-7H2,1H3. The molecule has 0 atom stereocenters. The molecule has 0 saturated carbocycles. The molecule has 0 bridgehead atoms. The Kier molecular flexibility index (Phi) is 4.03. The topological polar surface area (TPSA) is 60.9 Å². The number of likely N-dealkylation sites (N-methyl/N-ethyl adjacent to an activating group) is 1. The van der Waals surface area contributed by atoms with Crippen LogP contribution in [0.2, 0.25) is 0 Å². The summed E-state index contributed by atoms with van der Waals surface area (Å²) in [5, 5.41) is 8.63. The average Bonchev–Trinajstić information content (AvgIpc) is 2.51. The molecular weight excluding hydrogens is 184 g/mol. The molecule has 5 nitrogen and oxygen atoms in total. The Labute approximate surface area is 83.3 Å². The van der Waals surface area contributed by atoms with E-state index in [1.165, 1.54) is 4.90 Å². The number of rotatable bonds is 4. The van der Waals surface area contributed by atoms with Crippen LogP contribution in [0.4, 0.5) is 0 Å². The predicted octanol–water partition coefficient (Wildman–Crippen LogP) is -0.941. The third-order valence-electron chi connectivity index (χ3n) is 2.26. The van der Waals surface area contributed by atoms with Crippen LogP contribution >= 0.6 is 0 Å². The van der Waals surface area contributed by atoms with Crippen LogP contribution in [-0.2, 0) is 9.59 Å². The van der Waals surface area contributed by atoms with Gasteiger partial charge < -0.3 is 5.11 Å². The second-order valence-electron chi connectivity index (χ2n) is 3.50. The number of nitrogens with zero attached hydrogens (tertiary/aromatic N) is 2. The van der Waals surface area contributed by atoms with E-state index in [9.17, 15) is 9.59 Å². The molecule has 0 aromatic heterocycles. The Balaban J connectivity index is 2.37. The third-order valence-corrected chi connectivity index (χ3v) is 2.26. The van der Waals surface area contributed by atoms with E-state index in [0.29, 0.717) is 19.5 Å². The molecule has 0 spiro atoms. The molecule has 1 aliphatic heterocycles. The van der Waals surface area contributed by atoms with E-state index in [1.807, 2.05) is 0 Å². The highest BCUT2D eigenvalue weighted by Gasteiger charge is 2.26. The molecule has 14 heavy (non-hydrogen) atoms. The van der Waals surface area contributed by atoms with E-state index in [2.05, 4.69) is 0 Å². The van der Waals surface area contributed by atoms with Crippen LogP contribution in [0.1, 0.15) is 12.8 Å². The first kappa shape index (κ1) is 11.1. The number of likely N-dealkylation sites (tertiary alicyclic amines) is 1. The predicted molar refractivity (Wildman–Crippen MR) is 50.5 cm³/mol. The molecule has 0 aromatic carbocycles. The van der Waals surface area contributed by atoms with Crippen molar-refractivity contribution in [2.24, 2.45) is 0 Å². The summed E-state index contributed by atoms with van der Waals surface area (Å²) in [6.07, 6.45) is 1.25. The number of aliphatic hydroxyl groups excluding tert-OH is 1. The minimum absolute atomic E-state index is 0.0255. The average molecular weight is 200 g/mol. The second kappa shape index (κ2) is 5.07. The quantitative estimate of drug-likeness (QED) is 0.636. The van der Waals surface area contributed by atoms with Gasteiger partial charge in [-0.15, -0.1) is 0 Å². The monoisotopic (exact) mass is 200 g/mol.